The van der Waals surface area contributed by atoms with Gasteiger partial charge in [0, 0.05) is 25.2 Å². The number of carbonyl (C=O) groups excluding carboxylic acids is 1. The van der Waals surface area contributed by atoms with Crippen molar-refractivity contribution in [3.63, 3.8) is 0 Å². The van der Waals surface area contributed by atoms with Crippen molar-refractivity contribution >= 4 is 15.9 Å². The van der Waals surface area contributed by atoms with Crippen LogP contribution in [0.4, 0.5) is 8.78 Å². The molecule has 9 heteroatoms. The lowest BCUT2D eigenvalue weighted by atomic mass is 9.92. The van der Waals surface area contributed by atoms with Crippen LogP contribution in [0, 0.1) is 17.6 Å². The Morgan fingerprint density at radius 3 is 2.52 bits per heavy atom. The van der Waals surface area contributed by atoms with Crippen LogP contribution in [-0.4, -0.2) is 49.0 Å². The molecule has 1 saturated heterocycles. The van der Waals surface area contributed by atoms with Gasteiger partial charge in [-0.25, -0.2) is 17.2 Å². The first-order valence-corrected chi connectivity index (χ1v) is 10.6. The Bertz CT molecular complexity index is 795. The minimum Gasteiger partial charge on any atom is -0.393 e. The highest BCUT2D eigenvalue weighted by Gasteiger charge is 2.35. The van der Waals surface area contributed by atoms with Gasteiger partial charge < -0.3 is 10.4 Å². The predicted octanol–water partition coefficient (Wildman–Crippen LogP) is 1.79. The molecule has 27 heavy (non-hydrogen) atoms. The summed E-state index contributed by atoms with van der Waals surface area (Å²) in [6.45, 7) is 0.166. The van der Waals surface area contributed by atoms with Gasteiger partial charge in [-0.15, -0.1) is 0 Å². The molecule has 0 aromatic heterocycles. The summed E-state index contributed by atoms with van der Waals surface area (Å²) in [6.07, 6.45) is 3.40. The van der Waals surface area contributed by atoms with Crippen LogP contribution in [0.3, 0.4) is 0 Å². The van der Waals surface area contributed by atoms with Crippen LogP contribution in [0.1, 0.15) is 38.5 Å². The molecule has 1 amide bonds. The standard InChI is InChI=1S/C18H24F2N2O4S/c19-13-3-8-17(16(20)10-13)27(25,26)22-9-1-2-12(11-22)18(24)21-14-4-6-15(23)7-5-14/h3,8,10,12,14-15,23H,1-2,4-7,9,11H2,(H,21,24)/t12-,14-,15-/m0/s1. The second kappa shape index (κ2) is 8.20. The van der Waals surface area contributed by atoms with Crippen LogP contribution in [0.2, 0.25) is 0 Å². The molecule has 1 aromatic rings. The Balaban J connectivity index is 1.67. The number of carbonyl (C=O) groups is 1. The molecule has 2 N–H and O–H groups in total. The lowest BCUT2D eigenvalue weighted by Gasteiger charge is -2.33. The number of aliphatic hydroxyl groups excluding tert-OH is 1. The molecule has 1 atom stereocenters. The summed E-state index contributed by atoms with van der Waals surface area (Å²) >= 11 is 0. The molecule has 150 valence electrons. The molecule has 2 aliphatic rings. The van der Waals surface area contributed by atoms with Crippen LogP contribution in [-0.2, 0) is 14.8 Å². The maximum Gasteiger partial charge on any atom is 0.246 e. The van der Waals surface area contributed by atoms with Crippen LogP contribution < -0.4 is 5.32 Å². The number of nitrogens with zero attached hydrogens (tertiary/aromatic N) is 1. The molecular weight excluding hydrogens is 378 g/mol. The molecule has 0 spiro atoms. The number of hydrogen-bond donors (Lipinski definition) is 2. The monoisotopic (exact) mass is 402 g/mol. The normalized spacial score (nSPS) is 27.3. The number of halogens is 2. The third-order valence-electron chi connectivity index (χ3n) is 5.31. The highest BCUT2D eigenvalue weighted by molar-refractivity contribution is 7.89. The average Bonchev–Trinajstić information content (AvgIpc) is 2.63. The summed E-state index contributed by atoms with van der Waals surface area (Å²) in [5, 5.41) is 12.5. The molecule has 1 aliphatic carbocycles. The van der Waals surface area contributed by atoms with Gasteiger partial charge >= 0.3 is 0 Å². The number of hydrogen-bond acceptors (Lipinski definition) is 4. The summed E-state index contributed by atoms with van der Waals surface area (Å²) in [6, 6.07) is 2.35. The molecule has 1 heterocycles. The molecular formula is C18H24F2N2O4S. The lowest BCUT2D eigenvalue weighted by Crippen LogP contribution is -2.48. The Morgan fingerprint density at radius 2 is 1.85 bits per heavy atom. The third kappa shape index (κ3) is 4.64. The first kappa shape index (κ1) is 20.2. The Kier molecular flexibility index (Phi) is 6.12. The molecule has 0 unspecified atom stereocenters. The van der Waals surface area contributed by atoms with Crippen LogP contribution in [0.5, 0.6) is 0 Å². The second-order valence-electron chi connectivity index (χ2n) is 7.29. The SMILES string of the molecule is O=C(N[C@H]1CC[C@H](O)CC1)[C@H]1CCCN(S(=O)(=O)c2ccc(F)cc2F)C1. The largest absolute Gasteiger partial charge is 0.393 e. The quantitative estimate of drug-likeness (QED) is 0.804. The number of aliphatic hydroxyl groups is 1. The maximum absolute atomic E-state index is 14.0. The van der Waals surface area contributed by atoms with Gasteiger partial charge in [0.2, 0.25) is 15.9 Å². The number of rotatable bonds is 4. The number of nitrogens with one attached hydrogen (secondary N) is 1. The summed E-state index contributed by atoms with van der Waals surface area (Å²) in [4.78, 5) is 12.0. The van der Waals surface area contributed by atoms with Crippen molar-refractivity contribution in [3.8, 4) is 0 Å². The zero-order valence-electron chi connectivity index (χ0n) is 14.9. The number of sulfonamides is 1. The van der Waals surface area contributed by atoms with Crippen molar-refractivity contribution in [1.82, 2.24) is 9.62 Å². The van der Waals surface area contributed by atoms with E-state index in [0.717, 1.165) is 16.4 Å². The highest BCUT2D eigenvalue weighted by Crippen LogP contribution is 2.26. The van der Waals surface area contributed by atoms with Crippen molar-refractivity contribution in [2.24, 2.45) is 5.92 Å². The highest BCUT2D eigenvalue weighted by atomic mass is 32.2. The van der Waals surface area contributed by atoms with E-state index in [1.807, 2.05) is 0 Å². The number of benzene rings is 1. The summed E-state index contributed by atoms with van der Waals surface area (Å²) < 4.78 is 53.6. The van der Waals surface area contributed by atoms with Crippen LogP contribution in [0.15, 0.2) is 23.1 Å². The molecule has 0 radical (unpaired) electrons. The Labute approximate surface area is 157 Å². The molecule has 6 nitrogen and oxygen atoms in total. The first-order chi connectivity index (χ1) is 12.8. The van der Waals surface area contributed by atoms with E-state index < -0.39 is 32.5 Å². The minimum atomic E-state index is -4.14. The summed E-state index contributed by atoms with van der Waals surface area (Å²) in [5.41, 5.74) is 0. The van der Waals surface area contributed by atoms with Crippen molar-refractivity contribution in [2.45, 2.75) is 55.6 Å². The van der Waals surface area contributed by atoms with Gasteiger partial charge in [-0.1, -0.05) is 0 Å². The van der Waals surface area contributed by atoms with Crippen LogP contribution >= 0.6 is 0 Å². The van der Waals surface area contributed by atoms with Crippen molar-refractivity contribution in [2.75, 3.05) is 13.1 Å². The maximum atomic E-state index is 14.0. The van der Waals surface area contributed by atoms with Crippen molar-refractivity contribution < 1.29 is 27.1 Å². The van der Waals surface area contributed by atoms with E-state index >= 15 is 0 Å². The van der Waals surface area contributed by atoms with Gasteiger partial charge in [-0.2, -0.15) is 4.31 Å². The fourth-order valence-electron chi connectivity index (χ4n) is 3.74. The Morgan fingerprint density at radius 1 is 1.15 bits per heavy atom. The predicted molar refractivity (Wildman–Crippen MR) is 94.2 cm³/mol. The van der Waals surface area contributed by atoms with Gasteiger partial charge in [0.05, 0.1) is 12.0 Å². The van der Waals surface area contributed by atoms with Gasteiger partial charge in [-0.3, -0.25) is 4.79 Å². The number of piperidine rings is 1. The zero-order chi connectivity index (χ0) is 19.6. The van der Waals surface area contributed by atoms with Crippen molar-refractivity contribution in [3.05, 3.63) is 29.8 Å². The fraction of sp³-hybridized carbons (Fsp3) is 0.611. The van der Waals surface area contributed by atoms with E-state index in [2.05, 4.69) is 5.32 Å². The zero-order valence-corrected chi connectivity index (χ0v) is 15.7. The van der Waals surface area contributed by atoms with E-state index in [9.17, 15) is 27.1 Å². The lowest BCUT2D eigenvalue weighted by molar-refractivity contribution is -0.127. The topological polar surface area (TPSA) is 86.7 Å². The van der Waals surface area contributed by atoms with E-state index in [4.69, 9.17) is 0 Å². The smallest absolute Gasteiger partial charge is 0.246 e. The minimum absolute atomic E-state index is 0.0116. The molecule has 1 aliphatic heterocycles. The van der Waals surface area contributed by atoms with Crippen LogP contribution in [0.25, 0.3) is 0 Å². The van der Waals surface area contributed by atoms with Crippen molar-refractivity contribution in [1.29, 1.82) is 0 Å². The molecule has 1 saturated carbocycles. The molecule has 1 aromatic carbocycles. The van der Waals surface area contributed by atoms with Gasteiger partial charge in [0.25, 0.3) is 0 Å². The first-order valence-electron chi connectivity index (χ1n) is 9.21. The van der Waals surface area contributed by atoms with E-state index in [0.29, 0.717) is 44.6 Å². The fourth-order valence-corrected chi connectivity index (χ4v) is 5.31. The Hall–Kier alpha value is -1.58. The second-order valence-corrected chi connectivity index (χ2v) is 9.20. The molecule has 0 bridgehead atoms. The summed E-state index contributed by atoms with van der Waals surface area (Å²) in [5.74, 6) is -2.71. The van der Waals surface area contributed by atoms with Gasteiger partial charge in [-0.05, 0) is 50.7 Å². The van der Waals surface area contributed by atoms with E-state index in [1.54, 1.807) is 0 Å². The number of amides is 1. The molecule has 3 rings (SSSR count). The summed E-state index contributed by atoms with van der Waals surface area (Å²) in [7, 11) is -4.14. The average molecular weight is 402 g/mol. The van der Waals surface area contributed by atoms with Gasteiger partial charge in [0.1, 0.15) is 16.5 Å². The molecule has 2 fully saturated rings. The van der Waals surface area contributed by atoms with E-state index in [-0.39, 0.29) is 31.1 Å². The van der Waals surface area contributed by atoms with Gasteiger partial charge in [0.15, 0.2) is 0 Å². The van der Waals surface area contributed by atoms with E-state index in [1.165, 1.54) is 0 Å². The third-order valence-corrected chi connectivity index (χ3v) is 7.21.